The van der Waals surface area contributed by atoms with Gasteiger partial charge in [0.25, 0.3) is 0 Å². The minimum absolute atomic E-state index is 0.0999. The van der Waals surface area contributed by atoms with Gasteiger partial charge in [-0.05, 0) is 50.5 Å². The summed E-state index contributed by atoms with van der Waals surface area (Å²) in [4.78, 5) is 23.2. The van der Waals surface area contributed by atoms with Gasteiger partial charge >= 0.3 is 11.9 Å². The fourth-order valence-electron chi connectivity index (χ4n) is 1.76. The Labute approximate surface area is 130 Å². The molecule has 0 saturated carbocycles. The molecule has 1 rings (SSSR count). The molecular formula is C17H22O5. The largest absolute Gasteiger partial charge is 0.508 e. The molecule has 1 N–H and O–H groups in total. The van der Waals surface area contributed by atoms with Crippen molar-refractivity contribution in [3.63, 3.8) is 0 Å². The highest BCUT2D eigenvalue weighted by molar-refractivity contribution is 5.89. The van der Waals surface area contributed by atoms with Crippen LogP contribution in [0.4, 0.5) is 0 Å². The van der Waals surface area contributed by atoms with E-state index in [1.165, 1.54) is 24.3 Å². The molecule has 1 unspecified atom stereocenters. The second-order valence-corrected chi connectivity index (χ2v) is 5.04. The predicted molar refractivity (Wildman–Crippen MR) is 82.6 cm³/mol. The number of benzene rings is 1. The quantitative estimate of drug-likeness (QED) is 0.453. The molecule has 5 heteroatoms. The van der Waals surface area contributed by atoms with E-state index in [0.29, 0.717) is 30.4 Å². The number of hydrogen-bond acceptors (Lipinski definition) is 5. The Morgan fingerprint density at radius 3 is 2.45 bits per heavy atom. The summed E-state index contributed by atoms with van der Waals surface area (Å²) in [5.41, 5.74) is 0.760. The Morgan fingerprint density at radius 1 is 1.27 bits per heavy atom. The maximum Gasteiger partial charge on any atom is 0.338 e. The molecule has 22 heavy (non-hydrogen) atoms. The summed E-state index contributed by atoms with van der Waals surface area (Å²) in [6.07, 6.45) is 1.67. The Bertz CT molecular complexity index is 518. The number of rotatable bonds is 8. The van der Waals surface area contributed by atoms with E-state index in [9.17, 15) is 14.7 Å². The third-order valence-corrected chi connectivity index (χ3v) is 3.08. The van der Waals surface area contributed by atoms with E-state index in [1.54, 1.807) is 6.92 Å². The van der Waals surface area contributed by atoms with Gasteiger partial charge in [0.05, 0.1) is 12.2 Å². The first-order chi connectivity index (χ1) is 10.4. The van der Waals surface area contributed by atoms with Crippen LogP contribution in [0.1, 0.15) is 43.5 Å². The maximum absolute atomic E-state index is 12.0. The molecule has 1 atom stereocenters. The van der Waals surface area contributed by atoms with Crippen LogP contribution in [-0.4, -0.2) is 29.8 Å². The van der Waals surface area contributed by atoms with Crippen LogP contribution in [0, 0.1) is 0 Å². The molecule has 0 saturated heterocycles. The molecule has 0 aromatic heterocycles. The Hall–Kier alpha value is -2.30. The molecule has 0 aliphatic heterocycles. The first-order valence-corrected chi connectivity index (χ1v) is 7.26. The summed E-state index contributed by atoms with van der Waals surface area (Å²) >= 11 is 0. The van der Waals surface area contributed by atoms with E-state index in [4.69, 9.17) is 9.47 Å². The lowest BCUT2D eigenvalue weighted by atomic mass is 10.1. The zero-order chi connectivity index (χ0) is 16.5. The van der Waals surface area contributed by atoms with Crippen molar-refractivity contribution in [2.45, 2.75) is 39.2 Å². The van der Waals surface area contributed by atoms with Gasteiger partial charge in [0.1, 0.15) is 11.9 Å². The molecule has 5 nitrogen and oxygen atoms in total. The molecular weight excluding hydrogens is 284 g/mol. The summed E-state index contributed by atoms with van der Waals surface area (Å²) in [6.45, 7) is 7.30. The number of carbonyl (C=O) groups excluding carboxylic acids is 2. The molecule has 1 aromatic carbocycles. The number of phenolic OH excluding ortho intramolecular Hbond substituents is 1. The van der Waals surface area contributed by atoms with Crippen LogP contribution in [0.25, 0.3) is 0 Å². The van der Waals surface area contributed by atoms with Gasteiger partial charge < -0.3 is 14.6 Å². The standard InChI is InChI=1S/C17H22O5/c1-4-15(6-5-11-21-16(19)12(2)3)22-17(20)13-7-9-14(18)10-8-13/h7-10,15,18H,2,4-6,11H2,1,3H3. The fraction of sp³-hybridized carbons (Fsp3) is 0.412. The van der Waals surface area contributed by atoms with E-state index < -0.39 is 11.9 Å². The lowest BCUT2D eigenvalue weighted by Crippen LogP contribution is -2.18. The highest BCUT2D eigenvalue weighted by atomic mass is 16.5. The summed E-state index contributed by atoms with van der Waals surface area (Å²) in [6, 6.07) is 5.90. The molecule has 0 radical (unpaired) electrons. The molecule has 0 heterocycles. The zero-order valence-corrected chi connectivity index (χ0v) is 13.0. The van der Waals surface area contributed by atoms with Crippen molar-refractivity contribution in [2.75, 3.05) is 6.61 Å². The molecule has 120 valence electrons. The molecule has 1 aromatic rings. The number of hydrogen-bond donors (Lipinski definition) is 1. The van der Waals surface area contributed by atoms with E-state index in [-0.39, 0.29) is 18.5 Å². The van der Waals surface area contributed by atoms with Crippen molar-refractivity contribution in [1.29, 1.82) is 0 Å². The maximum atomic E-state index is 12.0. The number of carbonyl (C=O) groups is 2. The van der Waals surface area contributed by atoms with E-state index in [2.05, 4.69) is 6.58 Å². The first kappa shape index (κ1) is 17.8. The molecule has 0 bridgehead atoms. The van der Waals surface area contributed by atoms with Crippen molar-refractivity contribution in [3.8, 4) is 5.75 Å². The Morgan fingerprint density at radius 2 is 1.91 bits per heavy atom. The van der Waals surface area contributed by atoms with Gasteiger partial charge in [-0.3, -0.25) is 0 Å². The highest BCUT2D eigenvalue weighted by Gasteiger charge is 2.14. The molecule has 0 aliphatic carbocycles. The van der Waals surface area contributed by atoms with Crippen LogP contribution in [0.3, 0.4) is 0 Å². The number of ether oxygens (including phenoxy) is 2. The fourth-order valence-corrected chi connectivity index (χ4v) is 1.76. The summed E-state index contributed by atoms with van der Waals surface area (Å²) < 4.78 is 10.4. The molecule has 0 spiro atoms. The van der Waals surface area contributed by atoms with Crippen molar-refractivity contribution in [3.05, 3.63) is 42.0 Å². The van der Waals surface area contributed by atoms with Gasteiger partial charge in [0.15, 0.2) is 0 Å². The normalized spacial score (nSPS) is 11.5. The van der Waals surface area contributed by atoms with Crippen LogP contribution < -0.4 is 0 Å². The smallest absolute Gasteiger partial charge is 0.338 e. The van der Waals surface area contributed by atoms with Crippen molar-refractivity contribution in [1.82, 2.24) is 0 Å². The van der Waals surface area contributed by atoms with Gasteiger partial charge in [-0.15, -0.1) is 0 Å². The van der Waals surface area contributed by atoms with Gasteiger partial charge in [-0.25, -0.2) is 9.59 Å². The Balaban J connectivity index is 2.38. The molecule has 0 fully saturated rings. The summed E-state index contributed by atoms with van der Waals surface area (Å²) in [5, 5.41) is 9.19. The Kier molecular flexibility index (Phi) is 7.16. The van der Waals surface area contributed by atoms with Crippen LogP contribution in [0.15, 0.2) is 36.4 Å². The molecule has 0 amide bonds. The predicted octanol–water partition coefficient (Wildman–Crippen LogP) is 3.23. The third kappa shape index (κ3) is 5.99. The first-order valence-electron chi connectivity index (χ1n) is 7.26. The van der Waals surface area contributed by atoms with E-state index >= 15 is 0 Å². The lowest BCUT2D eigenvalue weighted by molar-refractivity contribution is -0.139. The van der Waals surface area contributed by atoms with Gasteiger partial charge in [0, 0.05) is 5.57 Å². The van der Waals surface area contributed by atoms with Crippen molar-refractivity contribution < 1.29 is 24.2 Å². The van der Waals surface area contributed by atoms with Crippen LogP contribution >= 0.6 is 0 Å². The zero-order valence-electron chi connectivity index (χ0n) is 13.0. The minimum Gasteiger partial charge on any atom is -0.508 e. The van der Waals surface area contributed by atoms with Gasteiger partial charge in [-0.2, -0.15) is 0 Å². The van der Waals surface area contributed by atoms with Crippen LogP contribution in [0.2, 0.25) is 0 Å². The third-order valence-electron chi connectivity index (χ3n) is 3.08. The second-order valence-electron chi connectivity index (χ2n) is 5.04. The SMILES string of the molecule is C=C(C)C(=O)OCCCC(CC)OC(=O)c1ccc(O)cc1. The average Bonchev–Trinajstić information content (AvgIpc) is 2.50. The highest BCUT2D eigenvalue weighted by Crippen LogP contribution is 2.14. The van der Waals surface area contributed by atoms with Gasteiger partial charge in [0.2, 0.25) is 0 Å². The second kappa shape index (κ2) is 8.87. The topological polar surface area (TPSA) is 72.8 Å². The average molecular weight is 306 g/mol. The van der Waals surface area contributed by atoms with Gasteiger partial charge in [-0.1, -0.05) is 13.5 Å². The monoisotopic (exact) mass is 306 g/mol. The van der Waals surface area contributed by atoms with Crippen LogP contribution in [0.5, 0.6) is 5.75 Å². The van der Waals surface area contributed by atoms with E-state index in [0.717, 1.165) is 0 Å². The number of phenols is 1. The summed E-state index contributed by atoms with van der Waals surface area (Å²) in [5.74, 6) is -0.733. The van der Waals surface area contributed by atoms with Crippen LogP contribution in [-0.2, 0) is 14.3 Å². The van der Waals surface area contributed by atoms with Crippen molar-refractivity contribution >= 4 is 11.9 Å². The molecule has 0 aliphatic rings. The van der Waals surface area contributed by atoms with Crippen molar-refractivity contribution in [2.24, 2.45) is 0 Å². The lowest BCUT2D eigenvalue weighted by Gasteiger charge is -2.16. The summed E-state index contributed by atoms with van der Waals surface area (Å²) in [7, 11) is 0. The van der Waals surface area contributed by atoms with E-state index in [1.807, 2.05) is 6.92 Å². The number of aromatic hydroxyl groups is 1. The number of esters is 2. The minimum atomic E-state index is -0.425.